The van der Waals surface area contributed by atoms with E-state index < -0.39 is 10.0 Å². The molecule has 5 nitrogen and oxygen atoms in total. The molecule has 2 aromatic rings. The van der Waals surface area contributed by atoms with Crippen molar-refractivity contribution in [2.75, 3.05) is 19.4 Å². The van der Waals surface area contributed by atoms with E-state index >= 15 is 0 Å². The quantitative estimate of drug-likeness (QED) is 0.714. The van der Waals surface area contributed by atoms with Gasteiger partial charge < -0.3 is 5.32 Å². The Hall–Kier alpha value is -1.86. The number of amides is 1. The van der Waals surface area contributed by atoms with Crippen LogP contribution >= 0.6 is 23.2 Å². The number of sulfonamides is 1. The molecular weight excluding hydrogens is 407 g/mol. The second-order valence-corrected chi connectivity index (χ2v) is 9.16. The largest absolute Gasteiger partial charge is 0.322 e. The molecule has 1 amide bonds. The Bertz CT molecular complexity index is 1020. The number of anilines is 1. The number of halogens is 2. The van der Waals surface area contributed by atoms with E-state index in [-0.39, 0.29) is 10.8 Å². The van der Waals surface area contributed by atoms with E-state index in [0.717, 1.165) is 21.0 Å². The van der Waals surface area contributed by atoms with Crippen molar-refractivity contribution in [3.05, 3.63) is 63.1 Å². The van der Waals surface area contributed by atoms with Crippen LogP contribution in [0.15, 0.2) is 41.3 Å². The summed E-state index contributed by atoms with van der Waals surface area (Å²) in [6, 6.07) is 8.07. The molecule has 2 rings (SSSR count). The van der Waals surface area contributed by atoms with E-state index in [1.54, 1.807) is 37.3 Å². The van der Waals surface area contributed by atoms with Crippen LogP contribution in [-0.2, 0) is 14.8 Å². The monoisotopic (exact) mass is 426 g/mol. The highest BCUT2D eigenvalue weighted by Crippen LogP contribution is 2.26. The van der Waals surface area contributed by atoms with Gasteiger partial charge in [-0.25, -0.2) is 12.7 Å². The fourth-order valence-electron chi connectivity index (χ4n) is 2.28. The molecule has 0 saturated carbocycles. The summed E-state index contributed by atoms with van der Waals surface area (Å²) in [5.74, 6) is -0.386. The number of nitrogens with zero attached hydrogens (tertiary/aromatic N) is 1. The fourth-order valence-corrected chi connectivity index (χ4v) is 3.60. The summed E-state index contributed by atoms with van der Waals surface area (Å²) in [7, 11) is -0.680. The molecule has 2 aromatic carbocycles. The van der Waals surface area contributed by atoms with Crippen LogP contribution < -0.4 is 5.32 Å². The molecule has 8 heteroatoms. The van der Waals surface area contributed by atoms with Gasteiger partial charge in [0.15, 0.2) is 0 Å². The van der Waals surface area contributed by atoms with Gasteiger partial charge >= 0.3 is 0 Å². The number of hydrogen-bond acceptors (Lipinski definition) is 3. The molecule has 0 aromatic heterocycles. The maximum absolute atomic E-state index is 12.4. The van der Waals surface area contributed by atoms with Gasteiger partial charge in [-0.3, -0.25) is 4.79 Å². The van der Waals surface area contributed by atoms with Crippen LogP contribution in [0.2, 0.25) is 10.0 Å². The molecule has 0 saturated heterocycles. The zero-order chi connectivity index (χ0) is 20.4. The molecule has 0 aliphatic heterocycles. The van der Waals surface area contributed by atoms with Gasteiger partial charge in [-0.05, 0) is 60.9 Å². The molecule has 0 spiro atoms. The van der Waals surface area contributed by atoms with Gasteiger partial charge in [0, 0.05) is 25.9 Å². The molecule has 0 unspecified atom stereocenters. The standard InChI is InChI=1S/C19H20Cl2N2O3S/c1-12-9-15(27(25,26)23(3)4)11-18(13(12)2)22-19(24)8-6-14-5-7-16(20)17(21)10-14/h5-11H,1-4H3,(H,22,24)/b8-6+. The molecule has 0 aliphatic carbocycles. The molecule has 1 N–H and O–H groups in total. The summed E-state index contributed by atoms with van der Waals surface area (Å²) >= 11 is 11.8. The molecule has 0 radical (unpaired) electrons. The maximum atomic E-state index is 12.4. The van der Waals surface area contributed by atoms with E-state index in [9.17, 15) is 13.2 Å². The Morgan fingerprint density at radius 1 is 1.07 bits per heavy atom. The topological polar surface area (TPSA) is 66.5 Å². The van der Waals surface area contributed by atoms with Gasteiger partial charge in [-0.2, -0.15) is 0 Å². The molecule has 144 valence electrons. The Morgan fingerprint density at radius 3 is 2.33 bits per heavy atom. The van der Waals surface area contributed by atoms with Crippen molar-refractivity contribution in [2.24, 2.45) is 0 Å². The van der Waals surface area contributed by atoms with Gasteiger partial charge in [0.2, 0.25) is 15.9 Å². The van der Waals surface area contributed by atoms with Crippen LogP contribution in [-0.4, -0.2) is 32.7 Å². The highest BCUT2D eigenvalue weighted by Gasteiger charge is 2.19. The zero-order valence-electron chi connectivity index (χ0n) is 15.4. The van der Waals surface area contributed by atoms with Crippen molar-refractivity contribution < 1.29 is 13.2 Å². The number of rotatable bonds is 5. The lowest BCUT2D eigenvalue weighted by molar-refractivity contribution is -0.111. The minimum atomic E-state index is -3.60. The van der Waals surface area contributed by atoms with Gasteiger partial charge in [0.05, 0.1) is 14.9 Å². The van der Waals surface area contributed by atoms with Gasteiger partial charge in [0.25, 0.3) is 0 Å². The predicted octanol–water partition coefficient (Wildman–Crippen LogP) is 4.51. The number of aryl methyl sites for hydroxylation is 1. The van der Waals surface area contributed by atoms with Gasteiger partial charge in [0.1, 0.15) is 0 Å². The van der Waals surface area contributed by atoms with E-state index in [1.807, 2.05) is 6.92 Å². The summed E-state index contributed by atoms with van der Waals surface area (Å²) in [5.41, 5.74) is 2.72. The Kier molecular flexibility index (Phi) is 6.70. The molecule has 0 aliphatic rings. The van der Waals surface area contributed by atoms with Crippen LogP contribution in [0.5, 0.6) is 0 Å². The molecular formula is C19H20Cl2N2O3S. The number of nitrogens with one attached hydrogen (secondary N) is 1. The Balaban J connectivity index is 2.28. The van der Waals surface area contributed by atoms with Crippen LogP contribution in [0.1, 0.15) is 16.7 Å². The van der Waals surface area contributed by atoms with Gasteiger partial charge in [-0.15, -0.1) is 0 Å². The maximum Gasteiger partial charge on any atom is 0.248 e. The third-order valence-corrected chi connectivity index (χ3v) is 6.58. The minimum Gasteiger partial charge on any atom is -0.322 e. The molecule has 27 heavy (non-hydrogen) atoms. The van der Waals surface area contributed by atoms with Crippen molar-refractivity contribution in [3.63, 3.8) is 0 Å². The van der Waals surface area contributed by atoms with E-state index in [2.05, 4.69) is 5.32 Å². The first-order valence-electron chi connectivity index (χ1n) is 8.00. The lowest BCUT2D eigenvalue weighted by Crippen LogP contribution is -2.22. The van der Waals surface area contributed by atoms with Crippen LogP contribution in [0.25, 0.3) is 6.08 Å². The third-order valence-electron chi connectivity index (χ3n) is 4.05. The first-order chi connectivity index (χ1) is 12.5. The number of carbonyl (C=O) groups is 1. The van der Waals surface area contributed by atoms with Crippen molar-refractivity contribution >= 4 is 50.9 Å². The normalized spacial score (nSPS) is 12.0. The average molecular weight is 427 g/mol. The second-order valence-electron chi connectivity index (χ2n) is 6.20. The van der Waals surface area contributed by atoms with Crippen molar-refractivity contribution in [1.82, 2.24) is 4.31 Å². The number of benzene rings is 2. The van der Waals surface area contributed by atoms with Crippen molar-refractivity contribution in [1.29, 1.82) is 0 Å². The highest BCUT2D eigenvalue weighted by molar-refractivity contribution is 7.89. The van der Waals surface area contributed by atoms with Crippen LogP contribution in [0.3, 0.4) is 0 Å². The van der Waals surface area contributed by atoms with Crippen LogP contribution in [0, 0.1) is 13.8 Å². The fraction of sp³-hybridized carbons (Fsp3) is 0.211. The first-order valence-corrected chi connectivity index (χ1v) is 10.2. The number of carbonyl (C=O) groups excluding carboxylic acids is 1. The van der Waals surface area contributed by atoms with E-state index in [1.165, 1.54) is 26.2 Å². The lowest BCUT2D eigenvalue weighted by atomic mass is 10.1. The highest BCUT2D eigenvalue weighted by atomic mass is 35.5. The average Bonchev–Trinajstić information content (AvgIpc) is 2.59. The van der Waals surface area contributed by atoms with E-state index in [4.69, 9.17) is 23.2 Å². The van der Waals surface area contributed by atoms with Crippen molar-refractivity contribution in [3.8, 4) is 0 Å². The summed E-state index contributed by atoms with van der Waals surface area (Å²) in [6.45, 7) is 3.62. The molecule has 0 heterocycles. The predicted molar refractivity (Wildman–Crippen MR) is 111 cm³/mol. The van der Waals surface area contributed by atoms with E-state index in [0.29, 0.717) is 15.7 Å². The Morgan fingerprint density at radius 2 is 1.74 bits per heavy atom. The van der Waals surface area contributed by atoms with Crippen LogP contribution in [0.4, 0.5) is 5.69 Å². The zero-order valence-corrected chi connectivity index (χ0v) is 17.7. The van der Waals surface area contributed by atoms with Crippen molar-refractivity contribution in [2.45, 2.75) is 18.7 Å². The summed E-state index contributed by atoms with van der Waals surface area (Å²) < 4.78 is 25.9. The molecule has 0 fully saturated rings. The molecule has 0 atom stereocenters. The second kappa shape index (κ2) is 8.44. The summed E-state index contributed by atoms with van der Waals surface area (Å²) in [6.07, 6.45) is 2.95. The molecule has 0 bridgehead atoms. The number of hydrogen-bond donors (Lipinski definition) is 1. The minimum absolute atomic E-state index is 0.124. The first kappa shape index (κ1) is 21.4. The van der Waals surface area contributed by atoms with Gasteiger partial charge in [-0.1, -0.05) is 29.3 Å². The third kappa shape index (κ3) is 5.11. The smallest absolute Gasteiger partial charge is 0.248 e. The summed E-state index contributed by atoms with van der Waals surface area (Å²) in [5, 5.41) is 3.56. The summed E-state index contributed by atoms with van der Waals surface area (Å²) in [4.78, 5) is 12.4. The lowest BCUT2D eigenvalue weighted by Gasteiger charge is -2.16. The Labute approximate surface area is 169 Å². The SMILES string of the molecule is Cc1cc(S(=O)(=O)N(C)C)cc(NC(=O)/C=C/c2ccc(Cl)c(Cl)c2)c1C.